The van der Waals surface area contributed by atoms with Crippen molar-refractivity contribution in [3.05, 3.63) is 71.1 Å². The second kappa shape index (κ2) is 9.87. The molecule has 1 fully saturated rings. The van der Waals surface area contributed by atoms with Gasteiger partial charge in [-0.2, -0.15) is 0 Å². The zero-order chi connectivity index (χ0) is 24.5. The van der Waals surface area contributed by atoms with E-state index in [4.69, 9.17) is 9.94 Å². The largest absolute Gasteiger partial charge is 0.379 e. The summed E-state index contributed by atoms with van der Waals surface area (Å²) >= 11 is 0. The highest BCUT2D eigenvalue weighted by Gasteiger charge is 2.27. The van der Waals surface area contributed by atoms with Crippen molar-refractivity contribution in [2.75, 3.05) is 32.8 Å². The molecule has 36 heavy (non-hydrogen) atoms. The van der Waals surface area contributed by atoms with Crippen molar-refractivity contribution in [1.29, 1.82) is 0 Å². The lowest BCUT2D eigenvalue weighted by Gasteiger charge is -2.33. The summed E-state index contributed by atoms with van der Waals surface area (Å²) in [5.74, 6) is -0.580. The first-order chi connectivity index (χ1) is 17.7. The number of rotatable bonds is 5. The van der Waals surface area contributed by atoms with E-state index in [0.29, 0.717) is 5.57 Å². The molecule has 9 nitrogen and oxygen atoms in total. The minimum Gasteiger partial charge on any atom is -0.379 e. The minimum atomic E-state index is -0.580. The summed E-state index contributed by atoms with van der Waals surface area (Å²) in [6.45, 7) is 6.18. The van der Waals surface area contributed by atoms with Crippen LogP contribution < -0.4 is 10.8 Å². The smallest absolute Gasteiger partial charge is 0.277 e. The average molecular weight is 487 g/mol. The van der Waals surface area contributed by atoms with E-state index < -0.39 is 5.91 Å². The number of aromatic nitrogens is 1. The fourth-order valence-electron chi connectivity index (χ4n) is 5.23. The zero-order valence-electron chi connectivity index (χ0n) is 20.0. The van der Waals surface area contributed by atoms with Crippen LogP contribution in [-0.2, 0) is 29.0 Å². The lowest BCUT2D eigenvalue weighted by Crippen LogP contribution is -2.46. The van der Waals surface area contributed by atoms with Gasteiger partial charge in [0.15, 0.2) is 6.29 Å². The molecule has 1 aromatic heterocycles. The van der Waals surface area contributed by atoms with Gasteiger partial charge in [0.05, 0.1) is 18.8 Å². The molecule has 186 valence electrons. The summed E-state index contributed by atoms with van der Waals surface area (Å²) in [7, 11) is 0. The third kappa shape index (κ3) is 4.54. The Kier molecular flexibility index (Phi) is 6.28. The van der Waals surface area contributed by atoms with Crippen LogP contribution in [0.3, 0.4) is 0 Å². The molecular formula is C27H30N6O3. The molecule has 0 aliphatic carbocycles. The zero-order valence-corrected chi connectivity index (χ0v) is 20.0. The van der Waals surface area contributed by atoms with E-state index >= 15 is 0 Å². The summed E-state index contributed by atoms with van der Waals surface area (Å²) in [5.41, 5.74) is 9.38. The van der Waals surface area contributed by atoms with Crippen LogP contribution in [0.4, 0.5) is 0 Å². The van der Waals surface area contributed by atoms with Gasteiger partial charge in [0, 0.05) is 68.2 Å². The summed E-state index contributed by atoms with van der Waals surface area (Å²) < 4.78 is 5.46. The Morgan fingerprint density at radius 3 is 2.67 bits per heavy atom. The van der Waals surface area contributed by atoms with Crippen LogP contribution in [0.15, 0.2) is 59.2 Å². The fourth-order valence-corrected chi connectivity index (χ4v) is 5.23. The number of nitrogens with one attached hydrogen (secondary N) is 3. The van der Waals surface area contributed by atoms with Crippen LogP contribution in [0.2, 0.25) is 0 Å². The molecular weight excluding hydrogens is 456 g/mol. The Hall–Kier alpha value is -3.50. The molecule has 0 bridgehead atoms. The Morgan fingerprint density at radius 2 is 1.92 bits per heavy atom. The number of ether oxygens (including phenoxy) is 1. The number of hydroxylamine groups is 1. The number of morpholine rings is 1. The van der Waals surface area contributed by atoms with E-state index in [2.05, 4.69) is 67.6 Å². The van der Waals surface area contributed by atoms with Crippen molar-refractivity contribution in [2.45, 2.75) is 25.8 Å². The summed E-state index contributed by atoms with van der Waals surface area (Å²) in [4.78, 5) is 24.4. The quantitative estimate of drug-likeness (QED) is 0.326. The molecule has 3 aromatic rings. The van der Waals surface area contributed by atoms with Crippen LogP contribution in [0, 0.1) is 0 Å². The Balaban J connectivity index is 1.19. The molecule has 1 unspecified atom stereocenters. The first-order valence-corrected chi connectivity index (χ1v) is 12.4. The Labute approximate surface area is 209 Å². The number of nitrogens with zero attached hydrogens (tertiary/aromatic N) is 3. The third-order valence-corrected chi connectivity index (χ3v) is 7.25. The van der Waals surface area contributed by atoms with E-state index in [9.17, 15) is 4.79 Å². The topological polar surface area (TPSA) is 105 Å². The first kappa shape index (κ1) is 22.9. The van der Waals surface area contributed by atoms with Crippen LogP contribution in [-0.4, -0.2) is 71.3 Å². The molecule has 2 aromatic carbocycles. The predicted octanol–water partition coefficient (Wildman–Crippen LogP) is 2.37. The highest BCUT2D eigenvalue weighted by molar-refractivity contribution is 6.11. The summed E-state index contributed by atoms with van der Waals surface area (Å²) in [6, 6.07) is 15.5. The van der Waals surface area contributed by atoms with Crippen molar-refractivity contribution in [3.63, 3.8) is 0 Å². The van der Waals surface area contributed by atoms with E-state index in [1.807, 2.05) is 0 Å². The van der Waals surface area contributed by atoms with Crippen molar-refractivity contribution in [2.24, 2.45) is 4.99 Å². The summed E-state index contributed by atoms with van der Waals surface area (Å²) in [5, 5.41) is 13.2. The van der Waals surface area contributed by atoms with Crippen molar-refractivity contribution < 1.29 is 14.7 Å². The van der Waals surface area contributed by atoms with Gasteiger partial charge >= 0.3 is 0 Å². The number of fused-ring (bicyclic) bond motifs is 3. The monoisotopic (exact) mass is 486 g/mol. The number of aliphatic imine (C=N–C) groups is 1. The molecule has 1 saturated heterocycles. The van der Waals surface area contributed by atoms with Crippen LogP contribution >= 0.6 is 0 Å². The van der Waals surface area contributed by atoms with Crippen LogP contribution in [0.1, 0.15) is 16.8 Å². The lowest BCUT2D eigenvalue weighted by atomic mass is 9.99. The van der Waals surface area contributed by atoms with Gasteiger partial charge in [-0.1, -0.05) is 30.3 Å². The molecule has 4 N–H and O–H groups in total. The maximum Gasteiger partial charge on any atom is 0.277 e. The highest BCUT2D eigenvalue weighted by Crippen LogP contribution is 2.32. The number of benzene rings is 2. The molecule has 1 atom stereocenters. The molecule has 3 aliphatic heterocycles. The van der Waals surface area contributed by atoms with E-state index in [1.54, 1.807) is 11.7 Å². The second-order valence-electron chi connectivity index (χ2n) is 9.51. The first-order valence-electron chi connectivity index (χ1n) is 12.4. The number of amides is 1. The van der Waals surface area contributed by atoms with Crippen molar-refractivity contribution >= 4 is 23.0 Å². The number of carbonyl (C=O) groups excluding carboxylic acids is 1. The van der Waals surface area contributed by atoms with Gasteiger partial charge in [-0.3, -0.25) is 24.8 Å². The van der Waals surface area contributed by atoms with E-state index in [1.165, 1.54) is 39.5 Å². The van der Waals surface area contributed by atoms with Gasteiger partial charge in [0.1, 0.15) is 0 Å². The summed E-state index contributed by atoms with van der Waals surface area (Å²) in [6.07, 6.45) is 3.74. The number of hydrogen-bond acceptors (Lipinski definition) is 7. The van der Waals surface area contributed by atoms with Gasteiger partial charge in [0.2, 0.25) is 0 Å². The SMILES string of the molecule is O=C(NO)C1=CNC(N2CCc3[nH]c4ccc(-c5ccc(CN6CCOCC6)cc5)cc4c3C2)N=C1. The number of carbonyl (C=O) groups is 1. The molecule has 1 amide bonds. The van der Waals surface area contributed by atoms with Gasteiger partial charge in [-0.05, 0) is 34.4 Å². The van der Waals surface area contributed by atoms with Crippen molar-refractivity contribution in [1.82, 2.24) is 25.6 Å². The lowest BCUT2D eigenvalue weighted by molar-refractivity contribution is -0.124. The number of hydrogen-bond donors (Lipinski definition) is 4. The van der Waals surface area contributed by atoms with Crippen LogP contribution in [0.25, 0.3) is 22.0 Å². The second-order valence-corrected chi connectivity index (χ2v) is 9.51. The molecule has 0 radical (unpaired) electrons. The predicted molar refractivity (Wildman–Crippen MR) is 137 cm³/mol. The van der Waals surface area contributed by atoms with Crippen molar-refractivity contribution in [3.8, 4) is 11.1 Å². The number of H-pyrrole nitrogens is 1. The third-order valence-electron chi connectivity index (χ3n) is 7.25. The van der Waals surface area contributed by atoms with E-state index in [0.717, 1.165) is 57.9 Å². The molecule has 9 heteroatoms. The Bertz CT molecular complexity index is 1320. The average Bonchev–Trinajstić information content (AvgIpc) is 3.31. The van der Waals surface area contributed by atoms with Crippen LogP contribution in [0.5, 0.6) is 0 Å². The van der Waals surface area contributed by atoms with Gasteiger partial charge in [-0.25, -0.2) is 5.48 Å². The fraction of sp³-hybridized carbons (Fsp3) is 0.333. The molecule has 4 heterocycles. The Morgan fingerprint density at radius 1 is 1.11 bits per heavy atom. The van der Waals surface area contributed by atoms with Gasteiger partial charge < -0.3 is 15.0 Å². The van der Waals surface area contributed by atoms with Gasteiger partial charge in [0.25, 0.3) is 5.91 Å². The van der Waals surface area contributed by atoms with Gasteiger partial charge in [-0.15, -0.1) is 0 Å². The maximum atomic E-state index is 11.6. The standard InChI is InChI=1S/C27H30N6O3/c34-26(31-35)21-14-28-27(29-15-21)33-8-7-25-23(17-33)22-13-20(5-6-24(22)30-25)19-3-1-18(2-4-19)16-32-9-11-36-12-10-32/h1-6,13-15,27-28,30,35H,7-12,16-17H2,(H,31,34). The molecule has 0 spiro atoms. The molecule has 6 rings (SSSR count). The number of aromatic amines is 1. The molecule has 0 saturated carbocycles. The maximum absolute atomic E-state index is 11.6. The normalized spacial score (nSPS) is 20.6. The highest BCUT2D eigenvalue weighted by atomic mass is 16.5. The molecule has 3 aliphatic rings. The minimum absolute atomic E-state index is 0.250. The van der Waals surface area contributed by atoms with E-state index in [-0.39, 0.29) is 6.29 Å².